The number of piperidine rings is 1. The highest BCUT2D eigenvalue weighted by Gasteiger charge is 2.47. The summed E-state index contributed by atoms with van der Waals surface area (Å²) >= 11 is 0. The quantitative estimate of drug-likeness (QED) is 0.649. The van der Waals surface area contributed by atoms with Crippen molar-refractivity contribution in [2.24, 2.45) is 11.7 Å². The molecule has 2 heterocycles. The fraction of sp³-hybridized carbons (Fsp3) is 0.474. The summed E-state index contributed by atoms with van der Waals surface area (Å²) in [6, 6.07) is 2.10. The Balaban J connectivity index is 2.16. The summed E-state index contributed by atoms with van der Waals surface area (Å²) < 4.78 is 79.2. The van der Waals surface area contributed by atoms with Gasteiger partial charge in [0.2, 0.25) is 5.91 Å². The lowest BCUT2D eigenvalue weighted by molar-refractivity contribution is -0.164. The summed E-state index contributed by atoms with van der Waals surface area (Å²) in [5.41, 5.74) is 2.62. The highest BCUT2D eigenvalue weighted by molar-refractivity contribution is 5.89. The van der Waals surface area contributed by atoms with E-state index in [1.807, 2.05) is 6.92 Å². The van der Waals surface area contributed by atoms with E-state index in [0.717, 1.165) is 6.07 Å². The number of aromatic nitrogens is 1. The van der Waals surface area contributed by atoms with Crippen LogP contribution in [-0.2, 0) is 16.5 Å². The zero-order chi connectivity index (χ0) is 22.3. The second-order valence-corrected chi connectivity index (χ2v) is 7.59. The van der Waals surface area contributed by atoms with Gasteiger partial charge in [-0.1, -0.05) is 19.1 Å². The lowest BCUT2D eigenvalue weighted by Gasteiger charge is -2.43. The minimum atomic E-state index is -4.96. The fourth-order valence-electron chi connectivity index (χ4n) is 3.92. The lowest BCUT2D eigenvalue weighted by Crippen LogP contribution is -2.62. The third-order valence-corrected chi connectivity index (χ3v) is 5.20. The Bertz CT molecular complexity index is 945. The Morgan fingerprint density at radius 3 is 2.57 bits per heavy atom. The molecule has 0 unspecified atom stereocenters. The van der Waals surface area contributed by atoms with Gasteiger partial charge in [0.25, 0.3) is 0 Å². The number of hydrogen-bond donors (Lipinski definition) is 3. The third-order valence-electron chi connectivity index (χ3n) is 5.20. The Morgan fingerprint density at radius 1 is 1.27 bits per heavy atom. The molecule has 3 rings (SSSR count). The molecule has 1 aliphatic rings. The molecule has 1 fully saturated rings. The van der Waals surface area contributed by atoms with Gasteiger partial charge in [0.1, 0.15) is 0 Å². The number of halogens is 6. The molecule has 1 saturated heterocycles. The Labute approximate surface area is 168 Å². The Kier molecular flexibility index (Phi) is 5.72. The van der Waals surface area contributed by atoms with Gasteiger partial charge in [-0.05, 0) is 36.6 Å². The number of carbonyl (C=O) groups is 1. The van der Waals surface area contributed by atoms with E-state index in [4.69, 9.17) is 5.73 Å². The molecule has 1 aromatic carbocycles. The van der Waals surface area contributed by atoms with Crippen molar-refractivity contribution in [2.45, 2.75) is 37.3 Å². The van der Waals surface area contributed by atoms with Crippen molar-refractivity contribution in [1.82, 2.24) is 15.6 Å². The van der Waals surface area contributed by atoms with Gasteiger partial charge in [-0.3, -0.25) is 9.78 Å². The highest BCUT2D eigenvalue weighted by Crippen LogP contribution is 2.40. The van der Waals surface area contributed by atoms with E-state index in [9.17, 15) is 31.1 Å². The van der Waals surface area contributed by atoms with Crippen molar-refractivity contribution in [3.63, 3.8) is 0 Å². The summed E-state index contributed by atoms with van der Waals surface area (Å²) in [4.78, 5) is 16.2. The molecule has 1 aliphatic heterocycles. The van der Waals surface area contributed by atoms with Gasteiger partial charge in [0, 0.05) is 18.1 Å². The van der Waals surface area contributed by atoms with Gasteiger partial charge in [-0.25, -0.2) is 0 Å². The first-order valence-corrected chi connectivity index (χ1v) is 9.15. The number of nitrogens with two attached hydrogens (primary N) is 1. The topological polar surface area (TPSA) is 80.0 Å². The number of rotatable bonds is 3. The van der Waals surface area contributed by atoms with Crippen LogP contribution in [0.1, 0.15) is 24.5 Å². The number of carbonyl (C=O) groups excluding carboxylic acids is 1. The molecular formula is C19H20F6N4O. The van der Waals surface area contributed by atoms with E-state index in [-0.39, 0.29) is 35.3 Å². The SMILES string of the molecule is C[C@@H]1CNC[C@](NC(=O)[C@H](N)C(F)(F)F)(c2ccc(C(F)(F)F)c3ncccc23)C1. The predicted molar refractivity (Wildman–Crippen MR) is 97.2 cm³/mol. The first-order chi connectivity index (χ1) is 13.8. The van der Waals surface area contributed by atoms with E-state index < -0.39 is 35.4 Å². The summed E-state index contributed by atoms with van der Waals surface area (Å²) in [6.45, 7) is 2.39. The van der Waals surface area contributed by atoms with Crippen LogP contribution in [-0.4, -0.2) is 36.2 Å². The van der Waals surface area contributed by atoms with Crippen LogP contribution >= 0.6 is 0 Å². The molecule has 11 heteroatoms. The maximum Gasteiger partial charge on any atom is 0.418 e. The van der Waals surface area contributed by atoms with E-state index in [1.165, 1.54) is 24.4 Å². The Hall–Kier alpha value is -2.40. The number of fused-ring (bicyclic) bond motifs is 1. The maximum absolute atomic E-state index is 13.4. The molecule has 1 amide bonds. The summed E-state index contributed by atoms with van der Waals surface area (Å²) in [5, 5.41) is 5.52. The monoisotopic (exact) mass is 434 g/mol. The number of pyridine rings is 1. The number of alkyl halides is 6. The van der Waals surface area contributed by atoms with Crippen LogP contribution in [0.5, 0.6) is 0 Å². The Morgan fingerprint density at radius 2 is 1.97 bits per heavy atom. The average molecular weight is 434 g/mol. The van der Waals surface area contributed by atoms with Gasteiger partial charge in [-0.2, -0.15) is 26.3 Å². The normalized spacial score (nSPS) is 23.9. The lowest BCUT2D eigenvalue weighted by atomic mass is 9.77. The average Bonchev–Trinajstić information content (AvgIpc) is 2.64. The number of amides is 1. The molecule has 0 bridgehead atoms. The van der Waals surface area contributed by atoms with Crippen molar-refractivity contribution >= 4 is 16.8 Å². The molecule has 30 heavy (non-hydrogen) atoms. The van der Waals surface area contributed by atoms with Gasteiger partial charge >= 0.3 is 12.4 Å². The highest BCUT2D eigenvalue weighted by atomic mass is 19.4. The van der Waals surface area contributed by atoms with Crippen molar-refractivity contribution in [3.05, 3.63) is 41.6 Å². The molecule has 164 valence electrons. The number of benzene rings is 1. The van der Waals surface area contributed by atoms with Gasteiger partial charge in [0.05, 0.1) is 16.6 Å². The van der Waals surface area contributed by atoms with Crippen LogP contribution < -0.4 is 16.4 Å². The van der Waals surface area contributed by atoms with Crippen LogP contribution in [0.3, 0.4) is 0 Å². The van der Waals surface area contributed by atoms with Crippen molar-refractivity contribution in [3.8, 4) is 0 Å². The number of hydrogen-bond acceptors (Lipinski definition) is 4. The van der Waals surface area contributed by atoms with Crippen molar-refractivity contribution < 1.29 is 31.1 Å². The first-order valence-electron chi connectivity index (χ1n) is 9.15. The summed E-state index contributed by atoms with van der Waals surface area (Å²) in [6.07, 6.45) is -8.21. The molecule has 0 saturated carbocycles. The largest absolute Gasteiger partial charge is 0.418 e. The van der Waals surface area contributed by atoms with E-state index in [1.54, 1.807) is 0 Å². The minimum Gasteiger partial charge on any atom is -0.344 e. The molecular weight excluding hydrogens is 414 g/mol. The van der Waals surface area contributed by atoms with Crippen LogP contribution in [0.25, 0.3) is 10.9 Å². The standard InChI is InChI=1S/C19H20F6N4O/c1-10-7-17(9-27-8-10,29-16(30)15(26)19(23,24)25)12-4-5-13(18(20,21)22)14-11(12)3-2-6-28-14/h2-6,10,15,27H,7-9,26H2,1H3,(H,29,30)/t10-,15-,17-/m0/s1. The third kappa shape index (κ3) is 4.22. The molecule has 0 aliphatic carbocycles. The first kappa shape index (κ1) is 22.3. The van der Waals surface area contributed by atoms with Crippen LogP contribution in [0, 0.1) is 5.92 Å². The zero-order valence-corrected chi connectivity index (χ0v) is 15.9. The van der Waals surface area contributed by atoms with Crippen LogP contribution in [0.2, 0.25) is 0 Å². The van der Waals surface area contributed by atoms with Gasteiger partial charge in [-0.15, -0.1) is 0 Å². The van der Waals surface area contributed by atoms with E-state index in [2.05, 4.69) is 15.6 Å². The summed E-state index contributed by atoms with van der Waals surface area (Å²) in [7, 11) is 0. The maximum atomic E-state index is 13.4. The van der Waals surface area contributed by atoms with E-state index >= 15 is 0 Å². The van der Waals surface area contributed by atoms with E-state index in [0.29, 0.717) is 6.54 Å². The molecule has 0 radical (unpaired) electrons. The second kappa shape index (κ2) is 7.69. The number of nitrogens with zero attached hydrogens (tertiary/aromatic N) is 1. The molecule has 2 aromatic rings. The molecule has 3 atom stereocenters. The molecule has 4 N–H and O–H groups in total. The minimum absolute atomic E-state index is 0.0308. The second-order valence-electron chi connectivity index (χ2n) is 7.59. The van der Waals surface area contributed by atoms with Crippen molar-refractivity contribution in [1.29, 1.82) is 0 Å². The molecule has 1 aromatic heterocycles. The van der Waals surface area contributed by atoms with Gasteiger partial charge in [0.15, 0.2) is 6.04 Å². The fourth-order valence-corrected chi connectivity index (χ4v) is 3.92. The zero-order valence-electron chi connectivity index (χ0n) is 15.9. The molecule has 5 nitrogen and oxygen atoms in total. The van der Waals surface area contributed by atoms with Crippen LogP contribution in [0.4, 0.5) is 26.3 Å². The van der Waals surface area contributed by atoms with Crippen LogP contribution in [0.15, 0.2) is 30.5 Å². The number of nitrogens with one attached hydrogen (secondary N) is 2. The summed E-state index contributed by atoms with van der Waals surface area (Å²) in [5.74, 6) is -1.52. The van der Waals surface area contributed by atoms with Crippen molar-refractivity contribution in [2.75, 3.05) is 13.1 Å². The van der Waals surface area contributed by atoms with Gasteiger partial charge < -0.3 is 16.4 Å². The molecule has 0 spiro atoms. The smallest absolute Gasteiger partial charge is 0.344 e. The predicted octanol–water partition coefficient (Wildman–Crippen LogP) is 3.08.